The van der Waals surface area contributed by atoms with Crippen molar-refractivity contribution in [2.24, 2.45) is 0 Å². The number of aliphatic hydroxyl groups excluding tert-OH is 1. The second-order valence-electron chi connectivity index (χ2n) is 4.42. The van der Waals surface area contributed by atoms with E-state index in [4.69, 9.17) is 9.47 Å². The Labute approximate surface area is 122 Å². The summed E-state index contributed by atoms with van der Waals surface area (Å²) in [6, 6.07) is 4.67. The number of ketones is 1. The molecular formula is C15H18O6. The van der Waals surface area contributed by atoms with E-state index in [2.05, 4.69) is 4.74 Å². The third kappa shape index (κ3) is 4.52. The van der Waals surface area contributed by atoms with Gasteiger partial charge in [-0.25, -0.2) is 4.79 Å². The predicted octanol–water partition coefficient (Wildman–Crippen LogP) is 2.12. The number of esters is 1. The normalized spacial score (nSPS) is 11.2. The highest BCUT2D eigenvalue weighted by Gasteiger charge is 2.14. The van der Waals surface area contributed by atoms with Crippen LogP contribution in [0.2, 0.25) is 0 Å². The second kappa shape index (κ2) is 7.33. The van der Waals surface area contributed by atoms with E-state index in [9.17, 15) is 14.7 Å². The van der Waals surface area contributed by atoms with Gasteiger partial charge in [0.1, 0.15) is 5.76 Å². The summed E-state index contributed by atoms with van der Waals surface area (Å²) in [6.07, 6.45) is 0.763. The lowest BCUT2D eigenvalue weighted by atomic mass is 10.1. The van der Waals surface area contributed by atoms with Gasteiger partial charge in [0.15, 0.2) is 11.5 Å². The summed E-state index contributed by atoms with van der Waals surface area (Å²) in [5, 5.41) is 9.86. The van der Waals surface area contributed by atoms with Crippen LogP contribution in [0.15, 0.2) is 24.3 Å². The first kappa shape index (κ1) is 16.6. The van der Waals surface area contributed by atoms with E-state index < -0.39 is 11.8 Å². The van der Waals surface area contributed by atoms with Crippen LogP contribution in [0.3, 0.4) is 0 Å². The average molecular weight is 294 g/mol. The summed E-state index contributed by atoms with van der Waals surface area (Å²) in [7, 11) is 2.55. The maximum absolute atomic E-state index is 11.4. The Morgan fingerprint density at radius 3 is 2.38 bits per heavy atom. The molecule has 21 heavy (non-hydrogen) atoms. The van der Waals surface area contributed by atoms with Gasteiger partial charge < -0.3 is 19.3 Å². The molecule has 0 spiro atoms. The van der Waals surface area contributed by atoms with Crippen LogP contribution in [-0.2, 0) is 14.3 Å². The maximum Gasteiger partial charge on any atom is 0.378 e. The minimum Gasteiger partial charge on any atom is -0.507 e. The number of hydrogen-bond acceptors (Lipinski definition) is 6. The van der Waals surface area contributed by atoms with Gasteiger partial charge in [0.25, 0.3) is 5.78 Å². The lowest BCUT2D eigenvalue weighted by Crippen LogP contribution is -2.13. The summed E-state index contributed by atoms with van der Waals surface area (Å²) in [6.45, 7) is 3.75. The number of rotatable bonds is 6. The van der Waals surface area contributed by atoms with E-state index in [1.54, 1.807) is 12.1 Å². The molecule has 0 radical (unpaired) electrons. The van der Waals surface area contributed by atoms with Crippen LogP contribution in [0.25, 0.3) is 5.76 Å². The van der Waals surface area contributed by atoms with Gasteiger partial charge in [-0.1, -0.05) is 0 Å². The number of carbonyl (C=O) groups is 2. The van der Waals surface area contributed by atoms with Gasteiger partial charge in [-0.15, -0.1) is 0 Å². The minimum atomic E-state index is -1.05. The Kier molecular flexibility index (Phi) is 5.78. The summed E-state index contributed by atoms with van der Waals surface area (Å²) in [5.74, 6) is -1.43. The first-order valence-electron chi connectivity index (χ1n) is 6.27. The zero-order valence-corrected chi connectivity index (χ0v) is 12.4. The number of aliphatic hydroxyl groups is 1. The third-order valence-electron chi connectivity index (χ3n) is 2.48. The van der Waals surface area contributed by atoms with Gasteiger partial charge in [0, 0.05) is 11.6 Å². The molecule has 0 unspecified atom stereocenters. The van der Waals surface area contributed by atoms with Gasteiger partial charge in [-0.2, -0.15) is 0 Å². The summed E-state index contributed by atoms with van der Waals surface area (Å²) < 4.78 is 15.0. The molecule has 6 heteroatoms. The van der Waals surface area contributed by atoms with Crippen molar-refractivity contribution in [1.29, 1.82) is 0 Å². The van der Waals surface area contributed by atoms with E-state index in [1.807, 2.05) is 13.8 Å². The molecule has 0 saturated heterocycles. The van der Waals surface area contributed by atoms with E-state index in [0.717, 1.165) is 13.2 Å². The molecular weight excluding hydrogens is 276 g/mol. The van der Waals surface area contributed by atoms with Crippen molar-refractivity contribution in [1.82, 2.24) is 0 Å². The molecule has 114 valence electrons. The molecule has 0 aromatic heterocycles. The Bertz CT molecular complexity index is 559. The fourth-order valence-electron chi connectivity index (χ4n) is 1.55. The molecule has 1 rings (SSSR count). The highest BCUT2D eigenvalue weighted by molar-refractivity contribution is 6.39. The Hall–Kier alpha value is -2.50. The van der Waals surface area contributed by atoms with Crippen LogP contribution in [0, 0.1) is 0 Å². The molecule has 0 bridgehead atoms. The van der Waals surface area contributed by atoms with Gasteiger partial charge in [-0.05, 0) is 32.0 Å². The van der Waals surface area contributed by atoms with Gasteiger partial charge in [-0.3, -0.25) is 4.79 Å². The van der Waals surface area contributed by atoms with E-state index in [0.29, 0.717) is 17.1 Å². The predicted molar refractivity (Wildman–Crippen MR) is 76.4 cm³/mol. The first-order valence-corrected chi connectivity index (χ1v) is 6.27. The topological polar surface area (TPSA) is 82.1 Å². The highest BCUT2D eigenvalue weighted by atomic mass is 16.5. The number of methoxy groups -OCH3 is 2. The fourth-order valence-corrected chi connectivity index (χ4v) is 1.55. The quantitative estimate of drug-likeness (QED) is 0.374. The highest BCUT2D eigenvalue weighted by Crippen LogP contribution is 2.30. The van der Waals surface area contributed by atoms with E-state index in [-0.39, 0.29) is 11.9 Å². The van der Waals surface area contributed by atoms with Gasteiger partial charge in [0.2, 0.25) is 0 Å². The van der Waals surface area contributed by atoms with Crippen LogP contribution >= 0.6 is 0 Å². The van der Waals surface area contributed by atoms with Crippen LogP contribution < -0.4 is 9.47 Å². The number of carbonyl (C=O) groups excluding carboxylic acids is 2. The molecule has 1 aromatic carbocycles. The molecule has 0 aliphatic rings. The summed E-state index contributed by atoms with van der Waals surface area (Å²) >= 11 is 0. The summed E-state index contributed by atoms with van der Waals surface area (Å²) in [5.41, 5.74) is 0.320. The monoisotopic (exact) mass is 294 g/mol. The zero-order chi connectivity index (χ0) is 16.0. The van der Waals surface area contributed by atoms with Gasteiger partial charge >= 0.3 is 5.97 Å². The van der Waals surface area contributed by atoms with Crippen LogP contribution in [0.4, 0.5) is 0 Å². The molecule has 0 atom stereocenters. The molecule has 0 heterocycles. The molecule has 6 nitrogen and oxygen atoms in total. The van der Waals surface area contributed by atoms with Gasteiger partial charge in [0.05, 0.1) is 20.3 Å². The van der Waals surface area contributed by atoms with Crippen LogP contribution in [0.1, 0.15) is 19.4 Å². The zero-order valence-electron chi connectivity index (χ0n) is 12.4. The van der Waals surface area contributed by atoms with Crippen molar-refractivity contribution in [3.05, 3.63) is 29.8 Å². The second-order valence-corrected chi connectivity index (χ2v) is 4.42. The van der Waals surface area contributed by atoms with Crippen molar-refractivity contribution in [3.63, 3.8) is 0 Å². The third-order valence-corrected chi connectivity index (χ3v) is 2.48. The average Bonchev–Trinajstić information content (AvgIpc) is 2.45. The first-order chi connectivity index (χ1) is 9.88. The van der Waals surface area contributed by atoms with Crippen molar-refractivity contribution < 1.29 is 28.9 Å². The lowest BCUT2D eigenvalue weighted by Gasteiger charge is -2.14. The van der Waals surface area contributed by atoms with Crippen LogP contribution in [0.5, 0.6) is 11.5 Å². The van der Waals surface area contributed by atoms with E-state index >= 15 is 0 Å². The number of benzene rings is 1. The molecule has 0 aliphatic carbocycles. The molecule has 0 saturated carbocycles. The van der Waals surface area contributed by atoms with Crippen LogP contribution in [-0.4, -0.2) is 37.2 Å². The number of hydrogen-bond donors (Lipinski definition) is 1. The Morgan fingerprint density at radius 1 is 1.19 bits per heavy atom. The lowest BCUT2D eigenvalue weighted by molar-refractivity contribution is -0.149. The van der Waals surface area contributed by atoms with Crippen molar-refractivity contribution in [2.75, 3.05) is 14.2 Å². The Morgan fingerprint density at radius 2 is 1.86 bits per heavy atom. The largest absolute Gasteiger partial charge is 0.507 e. The smallest absolute Gasteiger partial charge is 0.378 e. The van der Waals surface area contributed by atoms with Crippen molar-refractivity contribution >= 4 is 17.5 Å². The van der Waals surface area contributed by atoms with Crippen molar-refractivity contribution in [3.8, 4) is 11.5 Å². The molecule has 0 fully saturated rings. The Balaban J connectivity index is 3.06. The minimum absolute atomic E-state index is 0.0326. The molecule has 0 aliphatic heterocycles. The fraction of sp³-hybridized carbons (Fsp3) is 0.333. The standard InChI is InChI=1S/C15H18O6/c1-9(2)21-13-6-5-10(7-14(13)19-3)11(16)8-12(17)15(18)20-4/h5-9,16H,1-4H3/b11-8+. The molecule has 1 N–H and O–H groups in total. The SMILES string of the molecule is COC(=O)C(=O)/C=C(/O)c1ccc(OC(C)C)c(OC)c1. The van der Waals surface area contributed by atoms with E-state index in [1.165, 1.54) is 13.2 Å². The summed E-state index contributed by atoms with van der Waals surface area (Å²) in [4.78, 5) is 22.4. The van der Waals surface area contributed by atoms with Crippen molar-refractivity contribution in [2.45, 2.75) is 20.0 Å². The molecule has 1 aromatic rings. The maximum atomic E-state index is 11.4. The number of ether oxygens (including phenoxy) is 3. The molecule has 0 amide bonds.